The van der Waals surface area contributed by atoms with E-state index in [-0.39, 0.29) is 0 Å². The van der Waals surface area contributed by atoms with Crippen LogP contribution in [0.25, 0.3) is 54.9 Å². The van der Waals surface area contributed by atoms with Gasteiger partial charge in [-0.1, -0.05) is 65.2 Å². The molecule has 0 radical (unpaired) electrons. The fourth-order valence-electron chi connectivity index (χ4n) is 5.95. The van der Waals surface area contributed by atoms with E-state index >= 15 is 35.1 Å². The molecule has 0 fully saturated rings. The highest BCUT2D eigenvalue weighted by molar-refractivity contribution is 7.95. The lowest BCUT2D eigenvalue weighted by atomic mass is 9.85. The Morgan fingerprint density at radius 1 is 0.463 bits per heavy atom. The van der Waals surface area contributed by atoms with Gasteiger partial charge in [0.15, 0.2) is 58.0 Å². The zero-order valence-electron chi connectivity index (χ0n) is 25.6. The van der Waals surface area contributed by atoms with Crippen LogP contribution in [0.1, 0.15) is 0 Å². The Morgan fingerprint density at radius 2 is 0.778 bits per heavy atom. The van der Waals surface area contributed by atoms with E-state index in [1.54, 1.807) is 0 Å². The van der Waals surface area contributed by atoms with E-state index in [0.717, 1.165) is 48.5 Å². The Balaban J connectivity index is 1.88. The number of benzene rings is 6. The topological polar surface area (TPSA) is 81.7 Å². The maximum atomic E-state index is 16.6. The van der Waals surface area contributed by atoms with Crippen molar-refractivity contribution in [3.05, 3.63) is 119 Å². The highest BCUT2D eigenvalue weighted by atomic mass is 32.2. The fourth-order valence-corrected chi connectivity index (χ4v) is 8.72. The Bertz CT molecular complexity index is 2620. The number of hydrogen-bond donors (Lipinski definition) is 1. The molecule has 1 N–H and O–H groups in total. The summed E-state index contributed by atoms with van der Waals surface area (Å²) < 4.78 is 247. The molecule has 1 heterocycles. The van der Waals surface area contributed by atoms with Gasteiger partial charge in [-0.05, 0) is 11.1 Å². The molecule has 0 spiro atoms. The van der Waals surface area contributed by atoms with Gasteiger partial charge in [0, 0.05) is 21.9 Å². The predicted octanol–water partition coefficient (Wildman–Crippen LogP) is 10.7. The van der Waals surface area contributed by atoms with Gasteiger partial charge in [-0.25, -0.2) is 56.9 Å². The summed E-state index contributed by atoms with van der Waals surface area (Å²) in [5.74, 6) is -28.9. The van der Waals surface area contributed by atoms with E-state index in [0.29, 0.717) is 4.49 Å². The highest BCUT2D eigenvalue weighted by Gasteiger charge is 2.54. The van der Waals surface area contributed by atoms with Gasteiger partial charge in [0.1, 0.15) is 11.6 Å². The van der Waals surface area contributed by atoms with Crippen LogP contribution in [0, 0.1) is 58.2 Å². The molecular formula is C33H11F13NO5PS. The molecule has 0 aliphatic carbocycles. The second kappa shape index (κ2) is 12.4. The lowest BCUT2D eigenvalue weighted by Gasteiger charge is -2.22. The smallest absolute Gasteiger partial charge is 0.402 e. The van der Waals surface area contributed by atoms with Crippen molar-refractivity contribution >= 4 is 39.3 Å². The van der Waals surface area contributed by atoms with Crippen LogP contribution in [0.3, 0.4) is 0 Å². The first-order chi connectivity index (χ1) is 25.2. The molecule has 0 bridgehead atoms. The van der Waals surface area contributed by atoms with Crippen LogP contribution in [0.2, 0.25) is 0 Å². The van der Waals surface area contributed by atoms with E-state index in [1.807, 2.05) is 0 Å². The summed E-state index contributed by atoms with van der Waals surface area (Å²) in [5, 5.41) is -7.61. The Labute approximate surface area is 292 Å². The molecule has 1 aliphatic rings. The van der Waals surface area contributed by atoms with Crippen molar-refractivity contribution in [1.29, 1.82) is 0 Å². The van der Waals surface area contributed by atoms with E-state index in [2.05, 4.69) is 0 Å². The van der Waals surface area contributed by atoms with E-state index in [1.165, 1.54) is 12.1 Å². The number of hydrogen-bond acceptors (Lipinski definition) is 5. The minimum atomic E-state index is -6.93. The zero-order chi connectivity index (χ0) is 39.4. The minimum Gasteiger partial charge on any atom is -0.402 e. The number of rotatable bonds is 4. The highest BCUT2D eigenvalue weighted by Crippen LogP contribution is 2.64. The second-order valence-corrected chi connectivity index (χ2v) is 14.8. The number of halogens is 13. The molecule has 280 valence electrons. The van der Waals surface area contributed by atoms with Crippen LogP contribution < -0.4 is 13.5 Å². The van der Waals surface area contributed by atoms with Crippen molar-refractivity contribution in [3.63, 3.8) is 0 Å². The minimum absolute atomic E-state index is 0.528. The van der Waals surface area contributed by atoms with Gasteiger partial charge in [-0.3, -0.25) is 0 Å². The van der Waals surface area contributed by atoms with Crippen LogP contribution in [0.4, 0.5) is 57.1 Å². The molecule has 7 rings (SSSR count). The van der Waals surface area contributed by atoms with E-state index < -0.39 is 148 Å². The Kier molecular flexibility index (Phi) is 8.47. The molecule has 6 nitrogen and oxygen atoms in total. The van der Waals surface area contributed by atoms with Gasteiger partial charge in [-0.2, -0.15) is 13.2 Å². The van der Waals surface area contributed by atoms with Gasteiger partial charge in [0.2, 0.25) is 0 Å². The van der Waals surface area contributed by atoms with Crippen molar-refractivity contribution < 1.29 is 79.1 Å². The molecule has 0 amide bonds. The number of sulfonamides is 1. The van der Waals surface area contributed by atoms with E-state index in [4.69, 9.17) is 9.05 Å². The van der Waals surface area contributed by atoms with Crippen LogP contribution in [0.5, 0.6) is 11.5 Å². The largest absolute Gasteiger partial charge is 0.526 e. The monoisotopic (exact) mass is 811 g/mol. The van der Waals surface area contributed by atoms with Crippen molar-refractivity contribution in [1.82, 2.24) is 4.49 Å². The van der Waals surface area contributed by atoms with Gasteiger partial charge in [0.05, 0.1) is 21.9 Å². The molecule has 0 saturated carbocycles. The average molecular weight is 811 g/mol. The first-order valence-corrected chi connectivity index (χ1v) is 17.5. The molecule has 21 heteroatoms. The molecule has 0 atom stereocenters. The molecule has 0 unspecified atom stereocenters. The molecule has 0 aromatic heterocycles. The number of nitrogens with one attached hydrogen (secondary N) is 1. The summed E-state index contributed by atoms with van der Waals surface area (Å²) in [5.41, 5.74) is -13.7. The summed E-state index contributed by atoms with van der Waals surface area (Å²) in [7, 11) is -13.5. The maximum Gasteiger partial charge on any atom is 0.526 e. The molecule has 54 heavy (non-hydrogen) atoms. The van der Waals surface area contributed by atoms with Crippen molar-refractivity contribution in [2.75, 3.05) is 0 Å². The summed E-state index contributed by atoms with van der Waals surface area (Å²) >= 11 is 0. The lowest BCUT2D eigenvalue weighted by molar-refractivity contribution is -0.0443. The normalized spacial score (nSPS) is 14.0. The standard InChI is InChI=1S/C33H11F13NO5PS/c34-21-13(11-7-3-1-4-8-11)31-17(15-19(21)25(38)29(42)27(40)23(15)36)18-16-20(26(39)30(43)28(41)24(16)37)22(35)14(12-9-5-2-6-10-12)32(18)52-53(48,51-31)47-54(49,50)33(44,45)46/h1-10H,(H,47,48). The lowest BCUT2D eigenvalue weighted by Crippen LogP contribution is -2.36. The quantitative estimate of drug-likeness (QED) is 0.0830. The van der Waals surface area contributed by atoms with Crippen molar-refractivity contribution in [2.45, 2.75) is 5.51 Å². The molecule has 6 aromatic carbocycles. The zero-order valence-corrected chi connectivity index (χ0v) is 27.3. The predicted molar refractivity (Wildman–Crippen MR) is 164 cm³/mol. The maximum absolute atomic E-state index is 16.6. The van der Waals surface area contributed by atoms with Gasteiger partial charge in [-0.15, -0.1) is 0 Å². The Morgan fingerprint density at radius 3 is 1.09 bits per heavy atom. The third-order valence-corrected chi connectivity index (χ3v) is 11.5. The van der Waals surface area contributed by atoms with Gasteiger partial charge >= 0.3 is 23.3 Å². The Hall–Kier alpha value is -5.33. The summed E-state index contributed by atoms with van der Waals surface area (Å²) in [4.78, 5) is 0. The average Bonchev–Trinajstić information content (AvgIpc) is 3.23. The molecular weight excluding hydrogens is 800 g/mol. The van der Waals surface area contributed by atoms with Crippen LogP contribution in [0.15, 0.2) is 60.7 Å². The molecule has 0 saturated heterocycles. The van der Waals surface area contributed by atoms with E-state index in [9.17, 15) is 34.9 Å². The third-order valence-electron chi connectivity index (χ3n) is 8.15. The number of alkyl halides is 3. The molecule has 6 aromatic rings. The first kappa shape index (κ1) is 37.0. The fraction of sp³-hybridized carbons (Fsp3) is 0.0303. The van der Waals surface area contributed by atoms with Crippen LogP contribution in [-0.2, 0) is 14.6 Å². The number of fused-ring (bicyclic) bond motifs is 7. The summed E-state index contributed by atoms with van der Waals surface area (Å²) in [6.07, 6.45) is 0. The summed E-state index contributed by atoms with van der Waals surface area (Å²) in [6, 6.07) is 10.6. The van der Waals surface area contributed by atoms with Crippen molar-refractivity contribution in [2.24, 2.45) is 0 Å². The summed E-state index contributed by atoms with van der Waals surface area (Å²) in [6.45, 7) is 0. The van der Waals surface area contributed by atoms with Gasteiger partial charge in [0.25, 0.3) is 0 Å². The third kappa shape index (κ3) is 5.29. The molecule has 1 aliphatic heterocycles. The first-order valence-electron chi connectivity index (χ1n) is 14.4. The van der Waals surface area contributed by atoms with Crippen LogP contribution in [-0.4, -0.2) is 13.9 Å². The van der Waals surface area contributed by atoms with Gasteiger partial charge < -0.3 is 9.05 Å². The van der Waals surface area contributed by atoms with Crippen molar-refractivity contribution in [3.8, 4) is 44.9 Å². The SMILES string of the molecule is O=P1(NS(=O)(=O)C(F)(F)F)Oc2c(-c3ccccc3)c(F)c3c(F)c(F)c(F)c(F)c3c2-c2c(c(-c3ccccc3)c(F)c3c(F)c(F)c(F)c(F)c23)O1. The van der Waals surface area contributed by atoms with Crippen LogP contribution >= 0.6 is 7.75 Å². The second-order valence-electron chi connectivity index (χ2n) is 11.3.